The van der Waals surface area contributed by atoms with E-state index in [4.69, 9.17) is 9.47 Å². The second-order valence-electron chi connectivity index (χ2n) is 4.68. The van der Waals surface area contributed by atoms with Gasteiger partial charge in [0, 0.05) is 11.8 Å². The Labute approximate surface area is 118 Å². The van der Waals surface area contributed by atoms with Crippen LogP contribution in [0.5, 0.6) is 11.6 Å². The van der Waals surface area contributed by atoms with Gasteiger partial charge in [-0.2, -0.15) is 4.98 Å². The molecular weight excluding hydrogens is 254 g/mol. The van der Waals surface area contributed by atoms with Crippen LogP contribution in [-0.4, -0.2) is 24.2 Å². The number of nitrogens with zero attached hydrogens (tertiary/aromatic N) is 2. The summed E-state index contributed by atoms with van der Waals surface area (Å²) in [7, 11) is 3.25. The zero-order valence-electron chi connectivity index (χ0n) is 11.5. The Balaban J connectivity index is 1.87. The third-order valence-corrected chi connectivity index (χ3v) is 3.28. The van der Waals surface area contributed by atoms with Crippen LogP contribution in [0.15, 0.2) is 24.4 Å². The molecule has 0 saturated heterocycles. The zero-order chi connectivity index (χ0) is 13.9. The van der Waals surface area contributed by atoms with Gasteiger partial charge in [-0.05, 0) is 37.0 Å². The Morgan fingerprint density at radius 3 is 2.85 bits per heavy atom. The molecule has 5 nitrogen and oxygen atoms in total. The summed E-state index contributed by atoms with van der Waals surface area (Å²) >= 11 is 0. The minimum Gasteiger partial charge on any atom is -0.495 e. The lowest BCUT2D eigenvalue weighted by Crippen LogP contribution is -2.02. The Morgan fingerprint density at radius 2 is 2.15 bits per heavy atom. The highest BCUT2D eigenvalue weighted by atomic mass is 16.5. The first-order valence-corrected chi connectivity index (χ1v) is 6.54. The Bertz CT molecular complexity index is 612. The molecule has 1 aromatic heterocycles. The Morgan fingerprint density at radius 1 is 1.30 bits per heavy atom. The van der Waals surface area contributed by atoms with Crippen molar-refractivity contribution in [2.45, 2.75) is 18.8 Å². The van der Waals surface area contributed by atoms with E-state index in [2.05, 4.69) is 21.4 Å². The van der Waals surface area contributed by atoms with E-state index in [0.29, 0.717) is 23.5 Å². The van der Waals surface area contributed by atoms with Crippen molar-refractivity contribution in [3.8, 4) is 11.6 Å². The van der Waals surface area contributed by atoms with Gasteiger partial charge >= 0.3 is 0 Å². The number of anilines is 2. The van der Waals surface area contributed by atoms with E-state index in [1.165, 1.54) is 12.8 Å². The number of nitrogens with one attached hydrogen (secondary N) is 1. The second kappa shape index (κ2) is 5.36. The molecule has 1 saturated carbocycles. The van der Waals surface area contributed by atoms with Crippen LogP contribution in [0.4, 0.5) is 11.6 Å². The predicted molar refractivity (Wildman–Crippen MR) is 75.7 cm³/mol. The van der Waals surface area contributed by atoms with Gasteiger partial charge in [-0.15, -0.1) is 0 Å². The van der Waals surface area contributed by atoms with Gasteiger partial charge in [0.1, 0.15) is 5.75 Å². The second-order valence-corrected chi connectivity index (χ2v) is 4.68. The number of benzene rings is 1. The van der Waals surface area contributed by atoms with Gasteiger partial charge in [0.05, 0.1) is 19.9 Å². The monoisotopic (exact) mass is 270 g/mol. The molecule has 0 bridgehead atoms. The van der Waals surface area contributed by atoms with Crippen LogP contribution >= 0.6 is 0 Å². The van der Waals surface area contributed by atoms with E-state index in [-0.39, 0.29) is 0 Å². The highest BCUT2D eigenvalue weighted by Crippen LogP contribution is 2.43. The number of methoxy groups -OCH3 is 2. The normalized spacial score (nSPS) is 13.9. The summed E-state index contributed by atoms with van der Waals surface area (Å²) in [6.07, 6.45) is 4.22. The molecule has 0 amide bonds. The molecule has 0 atom stereocenters. The van der Waals surface area contributed by atoms with Crippen molar-refractivity contribution in [1.82, 2.24) is 9.97 Å². The number of hydrogen-bond acceptors (Lipinski definition) is 5. The highest BCUT2D eigenvalue weighted by molar-refractivity contribution is 5.62. The first kappa shape index (κ1) is 12.7. The predicted octanol–water partition coefficient (Wildman–Crippen LogP) is 2.91. The molecule has 1 heterocycles. The summed E-state index contributed by atoms with van der Waals surface area (Å²) in [5.41, 5.74) is 1.89. The average Bonchev–Trinajstić information content (AvgIpc) is 3.32. The molecule has 0 aliphatic heterocycles. The molecule has 1 fully saturated rings. The van der Waals surface area contributed by atoms with E-state index in [1.54, 1.807) is 26.4 Å². The quantitative estimate of drug-likeness (QED) is 0.905. The van der Waals surface area contributed by atoms with E-state index in [1.807, 2.05) is 12.3 Å². The zero-order valence-corrected chi connectivity index (χ0v) is 11.5. The van der Waals surface area contributed by atoms with Crippen molar-refractivity contribution < 1.29 is 9.47 Å². The molecule has 0 spiro atoms. The molecule has 0 unspecified atom stereocenters. The average molecular weight is 270 g/mol. The molecule has 1 N–H and O–H groups in total. The number of hydrogen-bond donors (Lipinski definition) is 1. The lowest BCUT2D eigenvalue weighted by atomic mass is 10.2. The molecule has 1 aliphatic carbocycles. The molecule has 103 valence electrons. The van der Waals surface area contributed by atoms with E-state index in [0.717, 1.165) is 11.3 Å². The molecule has 20 heavy (non-hydrogen) atoms. The maximum atomic E-state index is 5.35. The smallest absolute Gasteiger partial charge is 0.230 e. The molecule has 1 aromatic carbocycles. The van der Waals surface area contributed by atoms with Gasteiger partial charge in [-0.25, -0.2) is 4.98 Å². The first-order chi connectivity index (χ1) is 9.81. The molecular formula is C15H16N3O2. The van der Waals surface area contributed by atoms with Crippen molar-refractivity contribution in [2.24, 2.45) is 0 Å². The Hall–Kier alpha value is -2.30. The lowest BCUT2D eigenvalue weighted by molar-refractivity contribution is 0.392. The summed E-state index contributed by atoms with van der Waals surface area (Å²) in [6.45, 7) is 0. The lowest BCUT2D eigenvalue weighted by Gasteiger charge is -2.11. The molecule has 1 radical (unpaired) electrons. The van der Waals surface area contributed by atoms with Crippen molar-refractivity contribution >= 4 is 11.6 Å². The van der Waals surface area contributed by atoms with Crippen LogP contribution in [0.1, 0.15) is 24.3 Å². The number of ether oxygens (including phenoxy) is 2. The number of aromatic nitrogens is 2. The van der Waals surface area contributed by atoms with Crippen LogP contribution in [0.3, 0.4) is 0 Å². The summed E-state index contributed by atoms with van der Waals surface area (Å²) in [4.78, 5) is 8.76. The first-order valence-electron chi connectivity index (χ1n) is 6.54. The fourth-order valence-electron chi connectivity index (χ4n) is 2.08. The van der Waals surface area contributed by atoms with Crippen LogP contribution in [-0.2, 0) is 0 Å². The topological polar surface area (TPSA) is 56.3 Å². The largest absolute Gasteiger partial charge is 0.495 e. The standard InChI is InChI=1S/C15H16N3O2/c1-19-13-6-4-3-5-12(13)17-15-16-9-11(10-7-8-10)14(18-15)20-2/h3,5-6,9-10H,7-8H2,1-2H3,(H,16,17,18). The van der Waals surface area contributed by atoms with Gasteiger partial charge in [0.2, 0.25) is 11.8 Å². The Kier molecular flexibility index (Phi) is 3.41. The van der Waals surface area contributed by atoms with Crippen LogP contribution in [0.25, 0.3) is 0 Å². The van der Waals surface area contributed by atoms with Crippen LogP contribution < -0.4 is 14.8 Å². The third kappa shape index (κ3) is 2.52. The van der Waals surface area contributed by atoms with E-state index in [9.17, 15) is 0 Å². The van der Waals surface area contributed by atoms with E-state index < -0.39 is 0 Å². The van der Waals surface area contributed by atoms with Gasteiger partial charge < -0.3 is 14.8 Å². The maximum absolute atomic E-state index is 5.35. The highest BCUT2D eigenvalue weighted by Gasteiger charge is 2.28. The summed E-state index contributed by atoms with van der Waals surface area (Å²) in [5, 5.41) is 3.14. The van der Waals surface area contributed by atoms with E-state index >= 15 is 0 Å². The molecule has 1 aliphatic rings. The summed E-state index contributed by atoms with van der Waals surface area (Å²) in [6, 6.07) is 8.40. The summed E-state index contributed by atoms with van der Waals surface area (Å²) in [5.74, 6) is 2.39. The fraction of sp³-hybridized carbons (Fsp3) is 0.333. The minimum atomic E-state index is 0.496. The molecule has 3 rings (SSSR count). The van der Waals surface area contributed by atoms with Gasteiger partial charge in [-0.3, -0.25) is 0 Å². The SMILES string of the molecule is COc1c[c]ccc1Nc1ncc(C2CC2)c(OC)n1. The van der Waals surface area contributed by atoms with Crippen LogP contribution in [0.2, 0.25) is 0 Å². The molecule has 5 heteroatoms. The fourth-order valence-corrected chi connectivity index (χ4v) is 2.08. The van der Waals surface area contributed by atoms with Crippen molar-refractivity contribution in [2.75, 3.05) is 19.5 Å². The van der Waals surface area contributed by atoms with Crippen molar-refractivity contribution in [3.63, 3.8) is 0 Å². The van der Waals surface area contributed by atoms with Gasteiger partial charge in [-0.1, -0.05) is 6.07 Å². The number of rotatable bonds is 5. The van der Waals surface area contributed by atoms with Gasteiger partial charge in [0.15, 0.2) is 0 Å². The molecule has 2 aromatic rings. The van der Waals surface area contributed by atoms with Gasteiger partial charge in [0.25, 0.3) is 0 Å². The third-order valence-electron chi connectivity index (χ3n) is 3.28. The summed E-state index contributed by atoms with van der Waals surface area (Å²) < 4.78 is 10.6. The minimum absolute atomic E-state index is 0.496. The maximum Gasteiger partial charge on any atom is 0.230 e. The van der Waals surface area contributed by atoms with Crippen molar-refractivity contribution in [3.05, 3.63) is 36.0 Å². The van der Waals surface area contributed by atoms with Crippen molar-refractivity contribution in [1.29, 1.82) is 0 Å². The van der Waals surface area contributed by atoms with Crippen LogP contribution in [0, 0.1) is 6.07 Å².